The number of rotatable bonds is 54. The van der Waals surface area contributed by atoms with Crippen LogP contribution in [-0.2, 0) is 28.6 Å². The topological polar surface area (TPSA) is 78.9 Å². The van der Waals surface area contributed by atoms with E-state index in [1.54, 1.807) is 0 Å². The molecule has 1 unspecified atom stereocenters. The van der Waals surface area contributed by atoms with Crippen molar-refractivity contribution in [3.8, 4) is 0 Å². The molecular formula is C68H112O6. The smallest absolute Gasteiger partial charge is 0.306 e. The number of esters is 3. The van der Waals surface area contributed by atoms with Crippen LogP contribution in [0.3, 0.4) is 0 Å². The van der Waals surface area contributed by atoms with Gasteiger partial charge in [-0.3, -0.25) is 14.4 Å². The summed E-state index contributed by atoms with van der Waals surface area (Å²) >= 11 is 0. The summed E-state index contributed by atoms with van der Waals surface area (Å²) in [5.74, 6) is -0.908. The molecule has 6 nitrogen and oxygen atoms in total. The quantitative estimate of drug-likeness (QED) is 0.0261. The minimum atomic E-state index is -0.785. The minimum absolute atomic E-state index is 0.0844. The summed E-state index contributed by atoms with van der Waals surface area (Å²) in [6.45, 7) is 6.41. The van der Waals surface area contributed by atoms with E-state index in [2.05, 4.69) is 142 Å². The van der Waals surface area contributed by atoms with E-state index in [1.807, 2.05) is 0 Å². The molecule has 0 heterocycles. The second-order valence-electron chi connectivity index (χ2n) is 19.9. The number of carbonyl (C=O) groups is 3. The highest BCUT2D eigenvalue weighted by molar-refractivity contribution is 5.71. The summed E-state index contributed by atoms with van der Waals surface area (Å²) in [4.78, 5) is 38.0. The molecule has 0 N–H and O–H groups in total. The molecule has 0 aromatic heterocycles. The zero-order chi connectivity index (χ0) is 53.6. The molecule has 0 radical (unpaired) electrons. The largest absolute Gasteiger partial charge is 0.462 e. The molecule has 0 aromatic carbocycles. The van der Waals surface area contributed by atoms with E-state index in [0.29, 0.717) is 19.3 Å². The SMILES string of the molecule is CC/C=C\C/C=C\C/C=C\C/C=C\C/C=C\C/C=C\C/C=C\C/C=C\CCCCCCCCCCCCC(=O)OCC(COC(=O)CCCCCCCCCC)OC(=O)CCCCCCC/C=C\C/C=C\CCC. The zero-order valence-corrected chi connectivity index (χ0v) is 48.1. The fraction of sp³-hybridized carbons (Fsp3) is 0.662. The standard InChI is InChI=1S/C68H112O6/c1-4-7-10-13-16-19-21-23-24-25-26-27-28-29-30-31-32-33-34-35-36-37-38-39-40-41-42-43-44-46-47-49-52-55-58-61-67(70)73-64-65(63-72-66(69)60-57-54-51-18-15-12-9-6-3)74-68(71)62-59-56-53-50-48-45-22-20-17-14-11-8-5-2/h7,10-11,14,16,19-20,22-24,26-27,29-30,32-33,35-36,38-39,65H,4-6,8-9,12-13,15,17-18,21,25,28,31,34,37,40-64H2,1-3H3/b10-7-,14-11-,19-16-,22-20-,24-23-,27-26-,30-29-,33-32-,36-35-,39-38-. The maximum absolute atomic E-state index is 12.8. The predicted molar refractivity (Wildman–Crippen MR) is 320 cm³/mol. The summed E-state index contributed by atoms with van der Waals surface area (Å²) in [5, 5.41) is 0. The second kappa shape index (κ2) is 61.4. The average Bonchev–Trinajstić information content (AvgIpc) is 3.40. The summed E-state index contributed by atoms with van der Waals surface area (Å²) < 4.78 is 16.8. The maximum Gasteiger partial charge on any atom is 0.306 e. The summed E-state index contributed by atoms with van der Waals surface area (Å²) in [7, 11) is 0. The van der Waals surface area contributed by atoms with Crippen molar-refractivity contribution >= 4 is 17.9 Å². The van der Waals surface area contributed by atoms with Crippen molar-refractivity contribution in [3.05, 3.63) is 122 Å². The van der Waals surface area contributed by atoms with Crippen LogP contribution in [0, 0.1) is 0 Å². The first-order valence-electron chi connectivity index (χ1n) is 30.5. The van der Waals surface area contributed by atoms with E-state index < -0.39 is 6.10 Å². The molecule has 0 bridgehead atoms. The van der Waals surface area contributed by atoms with Gasteiger partial charge in [-0.15, -0.1) is 0 Å². The Hall–Kier alpha value is -4.19. The first-order valence-corrected chi connectivity index (χ1v) is 30.5. The van der Waals surface area contributed by atoms with Crippen LogP contribution in [0.1, 0.15) is 271 Å². The van der Waals surface area contributed by atoms with Crippen LogP contribution in [0.4, 0.5) is 0 Å². The van der Waals surface area contributed by atoms with E-state index in [4.69, 9.17) is 14.2 Å². The van der Waals surface area contributed by atoms with Gasteiger partial charge in [0.2, 0.25) is 0 Å². The van der Waals surface area contributed by atoms with E-state index in [0.717, 1.165) is 141 Å². The van der Waals surface area contributed by atoms with Gasteiger partial charge in [0.05, 0.1) is 0 Å². The lowest BCUT2D eigenvalue weighted by molar-refractivity contribution is -0.167. The van der Waals surface area contributed by atoms with E-state index >= 15 is 0 Å². The summed E-state index contributed by atoms with van der Waals surface area (Å²) in [6.07, 6.45) is 85.1. The Morgan fingerprint density at radius 2 is 0.554 bits per heavy atom. The van der Waals surface area contributed by atoms with Crippen LogP contribution in [0.5, 0.6) is 0 Å². The molecule has 420 valence electrons. The average molecular weight is 1030 g/mol. The number of hydrogen-bond acceptors (Lipinski definition) is 6. The highest BCUT2D eigenvalue weighted by atomic mass is 16.6. The molecular weight excluding hydrogens is 913 g/mol. The Kier molecular flexibility index (Phi) is 57.9. The molecule has 74 heavy (non-hydrogen) atoms. The lowest BCUT2D eigenvalue weighted by Gasteiger charge is -2.18. The van der Waals surface area contributed by atoms with Gasteiger partial charge in [0.25, 0.3) is 0 Å². The number of allylic oxidation sites excluding steroid dienone is 20. The summed E-state index contributed by atoms with van der Waals surface area (Å²) in [5.41, 5.74) is 0. The van der Waals surface area contributed by atoms with Crippen molar-refractivity contribution in [1.82, 2.24) is 0 Å². The Balaban J connectivity index is 4.10. The highest BCUT2D eigenvalue weighted by Gasteiger charge is 2.19. The van der Waals surface area contributed by atoms with Crippen molar-refractivity contribution < 1.29 is 28.6 Å². The molecule has 0 aliphatic heterocycles. The van der Waals surface area contributed by atoms with Gasteiger partial charge in [-0.05, 0) is 109 Å². The number of carbonyl (C=O) groups excluding carboxylic acids is 3. The normalized spacial score (nSPS) is 13.0. The molecule has 0 rings (SSSR count). The van der Waals surface area contributed by atoms with Gasteiger partial charge in [-0.2, -0.15) is 0 Å². The third-order valence-corrected chi connectivity index (χ3v) is 12.7. The van der Waals surface area contributed by atoms with Gasteiger partial charge in [0, 0.05) is 19.3 Å². The first kappa shape index (κ1) is 69.8. The van der Waals surface area contributed by atoms with E-state index in [9.17, 15) is 14.4 Å². The van der Waals surface area contributed by atoms with Crippen molar-refractivity contribution in [2.45, 2.75) is 277 Å². The van der Waals surface area contributed by atoms with Gasteiger partial charge in [0.1, 0.15) is 13.2 Å². The molecule has 0 saturated heterocycles. The molecule has 0 aliphatic carbocycles. The van der Waals surface area contributed by atoms with Crippen LogP contribution >= 0.6 is 0 Å². The predicted octanol–water partition coefficient (Wildman–Crippen LogP) is 20.8. The maximum atomic E-state index is 12.8. The highest BCUT2D eigenvalue weighted by Crippen LogP contribution is 2.15. The van der Waals surface area contributed by atoms with Gasteiger partial charge < -0.3 is 14.2 Å². The third kappa shape index (κ3) is 58.7. The molecule has 1 atom stereocenters. The van der Waals surface area contributed by atoms with Crippen LogP contribution in [-0.4, -0.2) is 37.2 Å². The Morgan fingerprint density at radius 1 is 0.284 bits per heavy atom. The van der Waals surface area contributed by atoms with E-state index in [-0.39, 0.29) is 31.1 Å². The number of unbranched alkanes of at least 4 members (excludes halogenated alkanes) is 23. The van der Waals surface area contributed by atoms with Crippen molar-refractivity contribution in [1.29, 1.82) is 0 Å². The van der Waals surface area contributed by atoms with Crippen molar-refractivity contribution in [2.75, 3.05) is 13.2 Å². The lowest BCUT2D eigenvalue weighted by atomic mass is 10.1. The van der Waals surface area contributed by atoms with Crippen molar-refractivity contribution in [3.63, 3.8) is 0 Å². The van der Waals surface area contributed by atoms with Crippen LogP contribution < -0.4 is 0 Å². The summed E-state index contributed by atoms with van der Waals surface area (Å²) in [6, 6.07) is 0. The fourth-order valence-electron chi connectivity index (χ4n) is 8.14. The molecule has 0 amide bonds. The third-order valence-electron chi connectivity index (χ3n) is 12.7. The molecule has 6 heteroatoms. The fourth-order valence-corrected chi connectivity index (χ4v) is 8.14. The Morgan fingerprint density at radius 3 is 0.878 bits per heavy atom. The number of hydrogen-bond donors (Lipinski definition) is 0. The van der Waals surface area contributed by atoms with Crippen molar-refractivity contribution in [2.24, 2.45) is 0 Å². The van der Waals surface area contributed by atoms with Crippen LogP contribution in [0.25, 0.3) is 0 Å². The molecule has 0 aliphatic rings. The van der Waals surface area contributed by atoms with Gasteiger partial charge in [-0.1, -0.05) is 264 Å². The zero-order valence-electron chi connectivity index (χ0n) is 48.1. The molecule has 0 saturated carbocycles. The molecule has 0 fully saturated rings. The molecule has 0 aromatic rings. The van der Waals surface area contributed by atoms with Gasteiger partial charge >= 0.3 is 17.9 Å². The Bertz CT molecular complexity index is 1550. The van der Waals surface area contributed by atoms with Gasteiger partial charge in [-0.25, -0.2) is 0 Å². The van der Waals surface area contributed by atoms with Crippen LogP contribution in [0.15, 0.2) is 122 Å². The van der Waals surface area contributed by atoms with Gasteiger partial charge in [0.15, 0.2) is 6.10 Å². The Labute approximate surface area is 456 Å². The minimum Gasteiger partial charge on any atom is -0.462 e. The van der Waals surface area contributed by atoms with Crippen LogP contribution in [0.2, 0.25) is 0 Å². The lowest BCUT2D eigenvalue weighted by Crippen LogP contribution is -2.30. The first-order chi connectivity index (χ1) is 36.5. The number of ether oxygens (including phenoxy) is 3. The van der Waals surface area contributed by atoms with E-state index in [1.165, 1.54) is 89.9 Å². The molecule has 0 spiro atoms. The monoisotopic (exact) mass is 1020 g/mol. The second-order valence-corrected chi connectivity index (χ2v) is 19.9.